The first-order chi connectivity index (χ1) is 9.52. The van der Waals surface area contributed by atoms with Crippen LogP contribution in [0.25, 0.3) is 0 Å². The normalized spacial score (nSPS) is 13.8. The lowest BCUT2D eigenvalue weighted by Gasteiger charge is -2.23. The number of hydrogen-bond acceptors (Lipinski definition) is 4. The van der Waals surface area contributed by atoms with Gasteiger partial charge in [-0.05, 0) is 55.5 Å². The Morgan fingerprint density at radius 3 is 2.45 bits per heavy atom. The van der Waals surface area contributed by atoms with Crippen molar-refractivity contribution in [2.45, 2.75) is 32.9 Å². The van der Waals surface area contributed by atoms with Crippen LogP contribution in [0.1, 0.15) is 29.0 Å². The molecule has 3 nitrogen and oxygen atoms in total. The van der Waals surface area contributed by atoms with Gasteiger partial charge in [0.2, 0.25) is 0 Å². The minimum Gasteiger partial charge on any atom is -0.493 e. The molecule has 0 aliphatic rings. The lowest BCUT2D eigenvalue weighted by atomic mass is 10.1. The standard InChI is InChI=1S/C16H21NO2S/c1-10-5-6-13(14(9-10)18-4)19-15(12(3)17)16-11(2)7-8-20-16/h5-9,12,15H,17H2,1-4H3. The van der Waals surface area contributed by atoms with E-state index in [0.29, 0.717) is 0 Å². The van der Waals surface area contributed by atoms with Crippen LogP contribution in [0.2, 0.25) is 0 Å². The van der Waals surface area contributed by atoms with Gasteiger partial charge in [0, 0.05) is 10.9 Å². The van der Waals surface area contributed by atoms with E-state index in [1.165, 1.54) is 10.4 Å². The fraction of sp³-hybridized carbons (Fsp3) is 0.375. The maximum absolute atomic E-state index is 6.14. The molecular formula is C16H21NO2S. The van der Waals surface area contributed by atoms with Gasteiger partial charge in [0.05, 0.1) is 7.11 Å². The summed E-state index contributed by atoms with van der Waals surface area (Å²) in [7, 11) is 1.65. The number of thiophene rings is 1. The average molecular weight is 291 g/mol. The summed E-state index contributed by atoms with van der Waals surface area (Å²) in [5.41, 5.74) is 8.46. The number of methoxy groups -OCH3 is 1. The Kier molecular flexibility index (Phi) is 4.68. The molecular weight excluding hydrogens is 270 g/mol. The van der Waals surface area contributed by atoms with Crippen molar-refractivity contribution in [1.29, 1.82) is 0 Å². The molecule has 4 heteroatoms. The van der Waals surface area contributed by atoms with Crippen molar-refractivity contribution in [2.24, 2.45) is 5.73 Å². The molecule has 108 valence electrons. The van der Waals surface area contributed by atoms with Crippen LogP contribution in [0.5, 0.6) is 11.5 Å². The van der Waals surface area contributed by atoms with Gasteiger partial charge >= 0.3 is 0 Å². The van der Waals surface area contributed by atoms with E-state index >= 15 is 0 Å². The highest BCUT2D eigenvalue weighted by Gasteiger charge is 2.22. The third kappa shape index (κ3) is 3.14. The van der Waals surface area contributed by atoms with Crippen LogP contribution in [0.15, 0.2) is 29.6 Å². The predicted octanol–water partition coefficient (Wildman–Crippen LogP) is 3.84. The van der Waals surface area contributed by atoms with Crippen molar-refractivity contribution >= 4 is 11.3 Å². The molecule has 0 aliphatic carbocycles. The molecule has 1 heterocycles. The van der Waals surface area contributed by atoms with E-state index < -0.39 is 0 Å². The molecule has 0 saturated heterocycles. The Balaban J connectivity index is 2.32. The molecule has 1 aromatic heterocycles. The highest BCUT2D eigenvalue weighted by atomic mass is 32.1. The first-order valence-corrected chi connectivity index (χ1v) is 7.51. The molecule has 2 aromatic rings. The van der Waals surface area contributed by atoms with Crippen LogP contribution >= 0.6 is 11.3 Å². The van der Waals surface area contributed by atoms with Gasteiger partial charge in [-0.15, -0.1) is 11.3 Å². The topological polar surface area (TPSA) is 44.5 Å². The molecule has 0 spiro atoms. The zero-order valence-corrected chi connectivity index (χ0v) is 13.2. The zero-order valence-electron chi connectivity index (χ0n) is 12.3. The van der Waals surface area contributed by atoms with Gasteiger partial charge in [-0.3, -0.25) is 0 Å². The fourth-order valence-corrected chi connectivity index (χ4v) is 3.15. The van der Waals surface area contributed by atoms with E-state index in [9.17, 15) is 0 Å². The van der Waals surface area contributed by atoms with Crippen molar-refractivity contribution in [3.05, 3.63) is 45.6 Å². The van der Waals surface area contributed by atoms with Crippen LogP contribution in [0, 0.1) is 13.8 Å². The molecule has 0 saturated carbocycles. The molecule has 0 fully saturated rings. The summed E-state index contributed by atoms with van der Waals surface area (Å²) in [5, 5.41) is 2.07. The Morgan fingerprint density at radius 2 is 1.90 bits per heavy atom. The van der Waals surface area contributed by atoms with Gasteiger partial charge in [-0.1, -0.05) is 6.07 Å². The average Bonchev–Trinajstić information content (AvgIpc) is 2.82. The molecule has 1 aromatic carbocycles. The molecule has 20 heavy (non-hydrogen) atoms. The van der Waals surface area contributed by atoms with Gasteiger partial charge in [0.1, 0.15) is 6.10 Å². The Labute approximate surface area is 124 Å². The monoisotopic (exact) mass is 291 g/mol. The minimum absolute atomic E-state index is 0.0987. The van der Waals surface area contributed by atoms with E-state index in [1.54, 1.807) is 18.4 Å². The largest absolute Gasteiger partial charge is 0.493 e. The summed E-state index contributed by atoms with van der Waals surface area (Å²) in [6.45, 7) is 6.07. The Bertz CT molecular complexity index is 578. The van der Waals surface area contributed by atoms with E-state index in [0.717, 1.165) is 17.1 Å². The first-order valence-electron chi connectivity index (χ1n) is 6.63. The van der Waals surface area contributed by atoms with Gasteiger partial charge in [0.25, 0.3) is 0 Å². The lowest BCUT2D eigenvalue weighted by Crippen LogP contribution is -2.29. The highest BCUT2D eigenvalue weighted by molar-refractivity contribution is 7.10. The second kappa shape index (κ2) is 6.29. The molecule has 2 rings (SSSR count). The van der Waals surface area contributed by atoms with Gasteiger partial charge in [-0.25, -0.2) is 0 Å². The molecule has 2 unspecified atom stereocenters. The van der Waals surface area contributed by atoms with Gasteiger partial charge in [-0.2, -0.15) is 0 Å². The van der Waals surface area contributed by atoms with Crippen LogP contribution in [-0.2, 0) is 0 Å². The van der Waals surface area contributed by atoms with Crippen molar-refractivity contribution < 1.29 is 9.47 Å². The molecule has 2 atom stereocenters. The fourth-order valence-electron chi connectivity index (χ4n) is 2.08. The van der Waals surface area contributed by atoms with Gasteiger partial charge < -0.3 is 15.2 Å². The van der Waals surface area contributed by atoms with E-state index in [1.807, 2.05) is 32.0 Å². The van der Waals surface area contributed by atoms with Crippen molar-refractivity contribution in [1.82, 2.24) is 0 Å². The van der Waals surface area contributed by atoms with Crippen LogP contribution in [-0.4, -0.2) is 13.2 Å². The predicted molar refractivity (Wildman–Crippen MR) is 83.8 cm³/mol. The van der Waals surface area contributed by atoms with E-state index in [2.05, 4.69) is 18.4 Å². The maximum atomic E-state index is 6.14. The number of benzene rings is 1. The smallest absolute Gasteiger partial charge is 0.162 e. The van der Waals surface area contributed by atoms with Gasteiger partial charge in [0.15, 0.2) is 11.5 Å². The molecule has 0 radical (unpaired) electrons. The third-order valence-corrected chi connectivity index (χ3v) is 4.29. The Morgan fingerprint density at radius 1 is 1.15 bits per heavy atom. The number of aryl methyl sites for hydroxylation is 2. The second-order valence-corrected chi connectivity index (χ2v) is 5.97. The van der Waals surface area contributed by atoms with Crippen molar-refractivity contribution in [3.63, 3.8) is 0 Å². The lowest BCUT2D eigenvalue weighted by molar-refractivity contribution is 0.176. The third-order valence-electron chi connectivity index (χ3n) is 3.21. The van der Waals surface area contributed by atoms with Crippen molar-refractivity contribution in [3.8, 4) is 11.5 Å². The highest BCUT2D eigenvalue weighted by Crippen LogP contribution is 2.35. The summed E-state index contributed by atoms with van der Waals surface area (Å²) < 4.78 is 11.5. The summed E-state index contributed by atoms with van der Waals surface area (Å²) in [5.74, 6) is 1.47. The zero-order chi connectivity index (χ0) is 14.7. The summed E-state index contributed by atoms with van der Waals surface area (Å²) in [6, 6.07) is 7.91. The molecule has 0 bridgehead atoms. The molecule has 2 N–H and O–H groups in total. The number of ether oxygens (including phenoxy) is 2. The summed E-state index contributed by atoms with van der Waals surface area (Å²) >= 11 is 1.68. The van der Waals surface area contributed by atoms with E-state index in [4.69, 9.17) is 15.2 Å². The number of nitrogens with two attached hydrogens (primary N) is 1. The van der Waals surface area contributed by atoms with E-state index in [-0.39, 0.29) is 12.1 Å². The molecule has 0 aliphatic heterocycles. The first kappa shape index (κ1) is 14.9. The number of rotatable bonds is 5. The van der Waals surface area contributed by atoms with Crippen LogP contribution in [0.4, 0.5) is 0 Å². The number of hydrogen-bond donors (Lipinski definition) is 1. The summed E-state index contributed by atoms with van der Waals surface area (Å²) in [4.78, 5) is 1.17. The van der Waals surface area contributed by atoms with Crippen molar-refractivity contribution in [2.75, 3.05) is 7.11 Å². The Hall–Kier alpha value is -1.52. The van der Waals surface area contributed by atoms with Crippen LogP contribution < -0.4 is 15.2 Å². The summed E-state index contributed by atoms with van der Waals surface area (Å²) in [6.07, 6.45) is -0.161. The SMILES string of the molecule is COc1cc(C)ccc1OC(c1sccc1C)C(C)N. The quantitative estimate of drug-likeness (QED) is 0.910. The van der Waals surface area contributed by atoms with Crippen LogP contribution in [0.3, 0.4) is 0 Å². The maximum Gasteiger partial charge on any atom is 0.162 e. The molecule has 0 amide bonds. The minimum atomic E-state index is -0.161. The second-order valence-electron chi connectivity index (χ2n) is 5.02.